The smallest absolute Gasteiger partial charge is 0.249 e. The molecule has 29 heavy (non-hydrogen) atoms. The van der Waals surface area contributed by atoms with Crippen molar-refractivity contribution in [2.45, 2.75) is 44.9 Å². The van der Waals surface area contributed by atoms with E-state index < -0.39 is 0 Å². The van der Waals surface area contributed by atoms with Crippen LogP contribution in [0.5, 0.6) is 5.75 Å². The van der Waals surface area contributed by atoms with E-state index in [1.54, 1.807) is 0 Å². The SMILES string of the molecule is O=C(NCc1nc2ccccc2n1CCCCOc1ccccc1)C1CCCO1. The summed E-state index contributed by atoms with van der Waals surface area (Å²) >= 11 is 0. The molecule has 1 unspecified atom stereocenters. The predicted molar refractivity (Wildman–Crippen MR) is 112 cm³/mol. The number of aromatic nitrogens is 2. The van der Waals surface area contributed by atoms with Crippen molar-refractivity contribution in [2.75, 3.05) is 13.2 Å². The van der Waals surface area contributed by atoms with E-state index in [9.17, 15) is 4.79 Å². The van der Waals surface area contributed by atoms with E-state index in [1.807, 2.05) is 48.5 Å². The maximum absolute atomic E-state index is 12.3. The van der Waals surface area contributed by atoms with Crippen LogP contribution in [-0.4, -0.2) is 34.8 Å². The molecule has 2 heterocycles. The highest BCUT2D eigenvalue weighted by atomic mass is 16.5. The number of ether oxygens (including phenoxy) is 2. The third-order valence-electron chi connectivity index (χ3n) is 5.16. The molecule has 1 aliphatic rings. The van der Waals surface area contributed by atoms with Gasteiger partial charge in [0.1, 0.15) is 17.7 Å². The fourth-order valence-corrected chi connectivity index (χ4v) is 3.65. The lowest BCUT2D eigenvalue weighted by molar-refractivity contribution is -0.130. The molecule has 3 aromatic rings. The number of unbranched alkanes of at least 4 members (excludes halogenated alkanes) is 1. The Balaban J connectivity index is 1.35. The van der Waals surface area contributed by atoms with Crippen LogP contribution in [0, 0.1) is 0 Å². The molecular formula is C23H27N3O3. The summed E-state index contributed by atoms with van der Waals surface area (Å²) in [4.78, 5) is 17.0. The van der Waals surface area contributed by atoms with Crippen molar-refractivity contribution in [3.63, 3.8) is 0 Å². The number of imidazole rings is 1. The van der Waals surface area contributed by atoms with Crippen molar-refractivity contribution in [1.82, 2.24) is 14.9 Å². The largest absolute Gasteiger partial charge is 0.494 e. The lowest BCUT2D eigenvalue weighted by Crippen LogP contribution is -2.34. The second kappa shape index (κ2) is 9.56. The molecule has 0 spiro atoms. The highest BCUT2D eigenvalue weighted by Gasteiger charge is 2.23. The zero-order chi connectivity index (χ0) is 19.9. The first kappa shape index (κ1) is 19.5. The van der Waals surface area contributed by atoms with Crippen molar-refractivity contribution >= 4 is 16.9 Å². The van der Waals surface area contributed by atoms with Gasteiger partial charge in [-0.25, -0.2) is 4.98 Å². The summed E-state index contributed by atoms with van der Waals surface area (Å²) in [6.45, 7) is 2.60. The van der Waals surface area contributed by atoms with Crippen LogP contribution in [0.2, 0.25) is 0 Å². The lowest BCUT2D eigenvalue weighted by Gasteiger charge is -2.13. The standard InChI is InChI=1S/C23H27N3O3/c27-23(21-13-8-16-29-21)24-17-22-25-19-11-4-5-12-20(19)26(22)14-6-7-15-28-18-9-2-1-3-10-18/h1-5,9-12,21H,6-8,13-17H2,(H,24,27). The van der Waals surface area contributed by atoms with Crippen LogP contribution < -0.4 is 10.1 Å². The summed E-state index contributed by atoms with van der Waals surface area (Å²) in [5, 5.41) is 2.99. The number of nitrogens with one attached hydrogen (secondary N) is 1. The monoisotopic (exact) mass is 393 g/mol. The number of carbonyl (C=O) groups excluding carboxylic acids is 1. The maximum Gasteiger partial charge on any atom is 0.249 e. The van der Waals surface area contributed by atoms with Gasteiger partial charge < -0.3 is 19.4 Å². The molecule has 152 valence electrons. The highest BCUT2D eigenvalue weighted by Crippen LogP contribution is 2.18. The highest BCUT2D eigenvalue weighted by molar-refractivity contribution is 5.81. The minimum atomic E-state index is -0.317. The first-order chi connectivity index (χ1) is 14.3. The first-order valence-corrected chi connectivity index (χ1v) is 10.3. The molecular weight excluding hydrogens is 366 g/mol. The number of amides is 1. The number of aryl methyl sites for hydroxylation is 1. The lowest BCUT2D eigenvalue weighted by atomic mass is 10.2. The van der Waals surface area contributed by atoms with E-state index >= 15 is 0 Å². The van der Waals surface area contributed by atoms with Crippen molar-refractivity contribution < 1.29 is 14.3 Å². The topological polar surface area (TPSA) is 65.4 Å². The van der Waals surface area contributed by atoms with Gasteiger partial charge in [-0.2, -0.15) is 0 Å². The predicted octanol–water partition coefficient (Wildman–Crippen LogP) is 3.69. The van der Waals surface area contributed by atoms with Gasteiger partial charge in [0.05, 0.1) is 24.2 Å². The molecule has 1 fully saturated rings. The number of para-hydroxylation sites is 3. The van der Waals surface area contributed by atoms with E-state index in [0.717, 1.165) is 54.8 Å². The Labute approximate surface area is 170 Å². The van der Waals surface area contributed by atoms with Gasteiger partial charge in [-0.1, -0.05) is 30.3 Å². The molecule has 1 aromatic heterocycles. The van der Waals surface area contributed by atoms with E-state index in [1.165, 1.54) is 0 Å². The van der Waals surface area contributed by atoms with E-state index in [4.69, 9.17) is 14.5 Å². The summed E-state index contributed by atoms with van der Waals surface area (Å²) < 4.78 is 13.5. The zero-order valence-corrected chi connectivity index (χ0v) is 16.5. The summed E-state index contributed by atoms with van der Waals surface area (Å²) in [5.41, 5.74) is 2.05. The molecule has 2 aromatic carbocycles. The van der Waals surface area contributed by atoms with Crippen molar-refractivity contribution in [2.24, 2.45) is 0 Å². The van der Waals surface area contributed by atoms with Crippen molar-refractivity contribution in [3.05, 3.63) is 60.4 Å². The van der Waals surface area contributed by atoms with Crippen LogP contribution in [0.4, 0.5) is 0 Å². The van der Waals surface area contributed by atoms with Crippen molar-refractivity contribution in [3.8, 4) is 5.75 Å². The third-order valence-corrected chi connectivity index (χ3v) is 5.16. The number of hydrogen-bond acceptors (Lipinski definition) is 4. The third kappa shape index (κ3) is 4.95. The first-order valence-electron chi connectivity index (χ1n) is 10.3. The molecule has 1 atom stereocenters. The molecule has 1 N–H and O–H groups in total. The van der Waals surface area contributed by atoms with Crippen LogP contribution in [0.15, 0.2) is 54.6 Å². The Morgan fingerprint density at radius 3 is 2.79 bits per heavy atom. The van der Waals surface area contributed by atoms with Crippen LogP contribution in [0.1, 0.15) is 31.5 Å². The molecule has 0 bridgehead atoms. The van der Waals surface area contributed by atoms with Gasteiger partial charge in [0.15, 0.2) is 0 Å². The van der Waals surface area contributed by atoms with Crippen molar-refractivity contribution in [1.29, 1.82) is 0 Å². The molecule has 6 heteroatoms. The zero-order valence-electron chi connectivity index (χ0n) is 16.5. The fraction of sp³-hybridized carbons (Fsp3) is 0.391. The number of fused-ring (bicyclic) bond motifs is 1. The summed E-state index contributed by atoms with van der Waals surface area (Å²) in [5.74, 6) is 1.73. The number of nitrogens with zero attached hydrogens (tertiary/aromatic N) is 2. The summed E-state index contributed by atoms with van der Waals surface area (Å²) in [6, 6.07) is 18.0. The van der Waals surface area contributed by atoms with Gasteiger partial charge in [-0.3, -0.25) is 4.79 Å². The van der Waals surface area contributed by atoms with E-state index in [-0.39, 0.29) is 12.0 Å². The number of carbonyl (C=O) groups is 1. The van der Waals surface area contributed by atoms with Gasteiger partial charge >= 0.3 is 0 Å². The molecule has 0 aliphatic carbocycles. The second-order valence-electron chi connectivity index (χ2n) is 7.26. The van der Waals surface area contributed by atoms with Gasteiger partial charge in [0.25, 0.3) is 0 Å². The number of benzene rings is 2. The normalized spacial score (nSPS) is 16.2. The Bertz CT molecular complexity index is 933. The molecule has 1 amide bonds. The molecule has 0 radical (unpaired) electrons. The average Bonchev–Trinajstić information content (AvgIpc) is 3.41. The van der Waals surface area contributed by atoms with E-state index in [2.05, 4.69) is 16.0 Å². The summed E-state index contributed by atoms with van der Waals surface area (Å²) in [6.07, 6.45) is 3.34. The fourth-order valence-electron chi connectivity index (χ4n) is 3.65. The maximum atomic E-state index is 12.3. The Hall–Kier alpha value is -2.86. The van der Waals surface area contributed by atoms with Gasteiger partial charge in [0, 0.05) is 13.2 Å². The molecule has 1 saturated heterocycles. The van der Waals surface area contributed by atoms with Crippen LogP contribution in [-0.2, 0) is 22.6 Å². The number of hydrogen-bond donors (Lipinski definition) is 1. The van der Waals surface area contributed by atoms with Crippen LogP contribution in [0.25, 0.3) is 11.0 Å². The Morgan fingerprint density at radius 2 is 1.97 bits per heavy atom. The van der Waals surface area contributed by atoms with Gasteiger partial charge in [-0.05, 0) is 49.9 Å². The van der Waals surface area contributed by atoms with Gasteiger partial charge in [-0.15, -0.1) is 0 Å². The van der Waals surface area contributed by atoms with Gasteiger partial charge in [0.2, 0.25) is 5.91 Å². The van der Waals surface area contributed by atoms with Crippen LogP contribution >= 0.6 is 0 Å². The van der Waals surface area contributed by atoms with E-state index in [0.29, 0.717) is 19.8 Å². The molecule has 4 rings (SSSR count). The average molecular weight is 393 g/mol. The quantitative estimate of drug-likeness (QED) is 0.563. The number of rotatable bonds is 9. The Kier molecular flexibility index (Phi) is 6.42. The minimum absolute atomic E-state index is 0.0441. The molecule has 1 aliphatic heterocycles. The minimum Gasteiger partial charge on any atom is -0.494 e. The van der Waals surface area contributed by atoms with Crippen LogP contribution in [0.3, 0.4) is 0 Å². The summed E-state index contributed by atoms with van der Waals surface area (Å²) in [7, 11) is 0. The molecule has 6 nitrogen and oxygen atoms in total. The molecule has 0 saturated carbocycles. The Morgan fingerprint density at radius 1 is 1.14 bits per heavy atom. The second-order valence-corrected chi connectivity index (χ2v) is 7.26.